The molecule has 6 nitrogen and oxygen atoms in total. The predicted octanol–water partition coefficient (Wildman–Crippen LogP) is 2.91. The second kappa shape index (κ2) is 6.40. The monoisotopic (exact) mass is 477 g/mol. The maximum absolute atomic E-state index is 11.8. The van der Waals surface area contributed by atoms with E-state index in [1.54, 1.807) is 22.5 Å². The molecule has 1 N–H and O–H groups in total. The van der Waals surface area contributed by atoms with Gasteiger partial charge in [-0.05, 0) is 44.2 Å². The molecular weight excluding hydrogens is 457 g/mol. The van der Waals surface area contributed by atoms with Crippen LogP contribution in [0.25, 0.3) is 11.0 Å². The normalized spacial score (nSPS) is 30.1. The minimum absolute atomic E-state index is 0.335. The zero-order valence-corrected chi connectivity index (χ0v) is 17.4. The van der Waals surface area contributed by atoms with Crippen LogP contribution in [0.5, 0.6) is 0 Å². The lowest BCUT2D eigenvalue weighted by atomic mass is 9.53. The molecule has 130 valence electrons. The highest BCUT2D eigenvalue weighted by molar-refractivity contribution is 14.2. The first-order chi connectivity index (χ1) is 11.6. The fourth-order valence-corrected chi connectivity index (χ4v) is 6.81. The van der Waals surface area contributed by atoms with Crippen molar-refractivity contribution < 1.29 is 4.21 Å². The summed E-state index contributed by atoms with van der Waals surface area (Å²) in [5.74, 6) is 1.01. The van der Waals surface area contributed by atoms with E-state index in [0.717, 1.165) is 29.7 Å². The Morgan fingerprint density at radius 2 is 2.17 bits per heavy atom. The molecule has 0 aliphatic heterocycles. The van der Waals surface area contributed by atoms with Crippen LogP contribution in [0.15, 0.2) is 18.6 Å². The average molecular weight is 477 g/mol. The molecule has 1 unspecified atom stereocenters. The summed E-state index contributed by atoms with van der Waals surface area (Å²) in [6.45, 7) is 0. The number of hydrogen-bond donors (Lipinski definition) is 1. The molecule has 2 heterocycles. The summed E-state index contributed by atoms with van der Waals surface area (Å²) in [6.07, 6.45) is 8.22. The molecule has 2 aliphatic carbocycles. The van der Waals surface area contributed by atoms with Gasteiger partial charge in [0, 0.05) is 49.6 Å². The van der Waals surface area contributed by atoms with Crippen molar-refractivity contribution in [2.24, 2.45) is 5.41 Å². The van der Waals surface area contributed by atoms with Crippen molar-refractivity contribution >= 4 is 58.2 Å². The smallest absolute Gasteiger partial charge is 0.156 e. The molecule has 9 heteroatoms. The summed E-state index contributed by atoms with van der Waals surface area (Å²) >= 11 is 2.26. The van der Waals surface area contributed by atoms with Gasteiger partial charge >= 0.3 is 0 Å². The summed E-state index contributed by atoms with van der Waals surface area (Å²) in [6, 6.07) is 2.61. The summed E-state index contributed by atoms with van der Waals surface area (Å²) < 4.78 is 16.7. The number of anilines is 1. The molecule has 0 bridgehead atoms. The van der Waals surface area contributed by atoms with Crippen LogP contribution in [0.3, 0.4) is 0 Å². The van der Waals surface area contributed by atoms with Gasteiger partial charge in [-0.2, -0.15) is 0 Å². The van der Waals surface area contributed by atoms with Crippen molar-refractivity contribution in [3.63, 3.8) is 0 Å². The topological polar surface area (TPSA) is 63.1 Å². The summed E-state index contributed by atoms with van der Waals surface area (Å²) in [5, 5.41) is 1.44. The Kier molecular flexibility index (Phi) is 4.55. The van der Waals surface area contributed by atoms with Crippen LogP contribution < -0.4 is 9.62 Å². The standard InChI is InChI=1S/C15H20IN5OS2/c1-17-24(22)11-7-15(8-11)5-10(6-15)20(2)13-12-3-4-21(23-16)14(12)19-9-18-13/h3-4,9-11,17H,5-8H2,1-2H3. The molecule has 1 atom stereocenters. The van der Waals surface area contributed by atoms with Crippen LogP contribution in [-0.2, 0) is 11.0 Å². The molecule has 2 aliphatic rings. The van der Waals surface area contributed by atoms with Crippen LogP contribution in [0.4, 0.5) is 5.82 Å². The van der Waals surface area contributed by atoms with Crippen molar-refractivity contribution in [3.8, 4) is 0 Å². The number of nitrogens with one attached hydrogen (secondary N) is 1. The van der Waals surface area contributed by atoms with Crippen molar-refractivity contribution in [2.45, 2.75) is 37.0 Å². The number of rotatable bonds is 5. The molecular formula is C15H20IN5OS2. The van der Waals surface area contributed by atoms with E-state index in [-0.39, 0.29) is 0 Å². The Bertz CT molecular complexity index is 783. The van der Waals surface area contributed by atoms with E-state index in [1.807, 2.05) is 6.20 Å². The molecule has 24 heavy (non-hydrogen) atoms. The van der Waals surface area contributed by atoms with E-state index in [9.17, 15) is 4.21 Å². The fraction of sp³-hybridized carbons (Fsp3) is 0.600. The Hall–Kier alpha value is -0.390. The van der Waals surface area contributed by atoms with Gasteiger partial charge in [-0.3, -0.25) is 3.97 Å². The van der Waals surface area contributed by atoms with Gasteiger partial charge < -0.3 is 4.90 Å². The number of halogens is 1. The number of hydrogen-bond acceptors (Lipinski definition) is 5. The molecule has 0 radical (unpaired) electrons. The zero-order chi connectivity index (χ0) is 16.9. The summed E-state index contributed by atoms with van der Waals surface area (Å²) in [7, 11) is 4.66. The minimum atomic E-state index is -0.864. The van der Waals surface area contributed by atoms with Crippen molar-refractivity contribution in [3.05, 3.63) is 18.6 Å². The number of nitrogens with zero attached hydrogens (tertiary/aromatic N) is 4. The van der Waals surface area contributed by atoms with Gasteiger partial charge in [-0.1, -0.05) is 0 Å². The predicted molar refractivity (Wildman–Crippen MR) is 109 cm³/mol. The van der Waals surface area contributed by atoms with Crippen LogP contribution in [0, 0.1) is 5.41 Å². The van der Waals surface area contributed by atoms with Gasteiger partial charge in [0.15, 0.2) is 5.65 Å². The van der Waals surface area contributed by atoms with Crippen molar-refractivity contribution in [1.82, 2.24) is 18.7 Å². The van der Waals surface area contributed by atoms with Crippen LogP contribution in [0.1, 0.15) is 25.7 Å². The lowest BCUT2D eigenvalue weighted by Crippen LogP contribution is -2.58. The quantitative estimate of drug-likeness (QED) is 0.672. The van der Waals surface area contributed by atoms with Gasteiger partial charge in [0.05, 0.1) is 21.6 Å². The Morgan fingerprint density at radius 1 is 1.42 bits per heavy atom. The third-order valence-corrected chi connectivity index (χ3v) is 8.60. The molecule has 4 rings (SSSR count). The van der Waals surface area contributed by atoms with Gasteiger partial charge in [0.1, 0.15) is 12.1 Å². The lowest BCUT2D eigenvalue weighted by molar-refractivity contribution is 0.0149. The number of aromatic nitrogens is 3. The van der Waals surface area contributed by atoms with Crippen LogP contribution in [0.2, 0.25) is 0 Å². The first kappa shape index (κ1) is 17.0. The van der Waals surface area contributed by atoms with Crippen LogP contribution in [-0.4, -0.2) is 43.5 Å². The van der Waals surface area contributed by atoms with E-state index in [0.29, 0.717) is 16.7 Å². The molecule has 0 amide bonds. The van der Waals surface area contributed by atoms with Crippen molar-refractivity contribution in [1.29, 1.82) is 0 Å². The Labute approximate surface area is 160 Å². The average Bonchev–Trinajstić information content (AvgIpc) is 2.94. The van der Waals surface area contributed by atoms with Crippen LogP contribution >= 0.6 is 30.3 Å². The van der Waals surface area contributed by atoms with E-state index >= 15 is 0 Å². The highest BCUT2D eigenvalue weighted by atomic mass is 127. The minimum Gasteiger partial charge on any atom is -0.356 e. The highest BCUT2D eigenvalue weighted by Crippen LogP contribution is 2.58. The van der Waals surface area contributed by atoms with Crippen molar-refractivity contribution in [2.75, 3.05) is 19.0 Å². The maximum atomic E-state index is 11.8. The first-order valence-corrected chi connectivity index (χ1v) is 12.5. The van der Waals surface area contributed by atoms with Gasteiger partial charge in [0.25, 0.3) is 0 Å². The van der Waals surface area contributed by atoms with Gasteiger partial charge in [-0.25, -0.2) is 18.9 Å². The molecule has 0 saturated heterocycles. The number of fused-ring (bicyclic) bond motifs is 1. The Balaban J connectivity index is 1.46. The molecule has 2 fully saturated rings. The SMILES string of the molecule is CNS(=O)C1CC2(CC(N(C)c3ncnc4c3ccn4SI)C2)C1. The second-order valence-electron chi connectivity index (χ2n) is 6.85. The molecule has 2 aromatic heterocycles. The maximum Gasteiger partial charge on any atom is 0.156 e. The first-order valence-electron chi connectivity index (χ1n) is 7.99. The lowest BCUT2D eigenvalue weighted by Gasteiger charge is -2.59. The highest BCUT2D eigenvalue weighted by Gasteiger charge is 2.55. The van der Waals surface area contributed by atoms with E-state index in [4.69, 9.17) is 0 Å². The van der Waals surface area contributed by atoms with E-state index in [2.05, 4.69) is 57.9 Å². The third kappa shape index (κ3) is 2.67. The van der Waals surface area contributed by atoms with E-state index in [1.165, 1.54) is 12.8 Å². The van der Waals surface area contributed by atoms with E-state index < -0.39 is 11.0 Å². The van der Waals surface area contributed by atoms with Gasteiger partial charge in [-0.15, -0.1) is 0 Å². The fourth-order valence-electron chi connectivity index (χ4n) is 4.20. The zero-order valence-electron chi connectivity index (χ0n) is 13.6. The van der Waals surface area contributed by atoms with Gasteiger partial charge in [0.2, 0.25) is 0 Å². The summed E-state index contributed by atoms with van der Waals surface area (Å²) in [4.78, 5) is 11.3. The summed E-state index contributed by atoms with van der Waals surface area (Å²) in [5.41, 5.74) is 1.39. The molecule has 0 aromatic carbocycles. The Morgan fingerprint density at radius 3 is 2.83 bits per heavy atom. The molecule has 2 saturated carbocycles. The third-order valence-electron chi connectivity index (χ3n) is 5.55. The molecule has 2 aromatic rings. The second-order valence-corrected chi connectivity index (χ2v) is 10.2. The largest absolute Gasteiger partial charge is 0.356 e. The molecule has 1 spiro atoms.